The maximum atomic E-state index is 6.70. The van der Waals surface area contributed by atoms with E-state index in [0.717, 1.165) is 57.5 Å². The average Bonchev–Trinajstić information content (AvgIpc) is 3.87. The molecule has 5 nitrogen and oxygen atoms in total. The second-order valence-electron chi connectivity index (χ2n) is 15.1. The molecule has 0 atom stereocenters. The minimum atomic E-state index is -0.0969. The molecule has 5 aromatic carbocycles. The van der Waals surface area contributed by atoms with Crippen molar-refractivity contribution in [1.29, 1.82) is 0 Å². The number of aromatic nitrogens is 2. The number of rotatable bonds is 6. The van der Waals surface area contributed by atoms with E-state index in [9.17, 15) is 0 Å². The van der Waals surface area contributed by atoms with E-state index in [2.05, 4.69) is 170 Å². The Kier molecular flexibility index (Phi) is 8.74. The molecule has 0 saturated heterocycles. The summed E-state index contributed by atoms with van der Waals surface area (Å²) in [6, 6.07) is 48.3. The summed E-state index contributed by atoms with van der Waals surface area (Å²) in [5.74, 6) is 2.18. The molecule has 0 N–H and O–H groups in total. The molecule has 9 rings (SSSR count). The monoisotopic (exact) mass is 860 g/mol. The van der Waals surface area contributed by atoms with Gasteiger partial charge in [-0.15, -0.1) is 47.0 Å². The van der Waals surface area contributed by atoms with E-state index in [0.29, 0.717) is 11.5 Å². The average molecular weight is 861 g/mol. The fourth-order valence-corrected chi connectivity index (χ4v) is 8.21. The SMILES string of the molecule is CN1[CH-]N(c2[c-]c(Oc3[c-]c4c(cc3)c3ccccc3n4-c3cc(C4(c5ccccc5)CCCC4)ccn3)cc(C(C)(C)C)c2)c2ccccc21.[Pt]. The number of hydrogen-bond donors (Lipinski definition) is 0. The third-order valence-corrected chi connectivity index (χ3v) is 10.9. The Labute approximate surface area is 321 Å². The predicted octanol–water partition coefficient (Wildman–Crippen LogP) is 11.4. The number of benzene rings is 5. The van der Waals surface area contributed by atoms with Crippen molar-refractivity contribution in [3.63, 3.8) is 0 Å². The number of ether oxygens (including phenoxy) is 1. The summed E-state index contributed by atoms with van der Waals surface area (Å²) in [5, 5.41) is 2.28. The van der Waals surface area contributed by atoms with Crippen molar-refractivity contribution < 1.29 is 25.8 Å². The molecule has 0 bridgehead atoms. The third kappa shape index (κ3) is 5.80. The molecule has 2 aliphatic rings. The van der Waals surface area contributed by atoms with E-state index >= 15 is 0 Å². The van der Waals surface area contributed by atoms with Crippen molar-refractivity contribution >= 4 is 38.9 Å². The number of anilines is 3. The quantitative estimate of drug-likeness (QED) is 0.156. The molecule has 1 fully saturated rings. The smallest absolute Gasteiger partial charge is 0.135 e. The van der Waals surface area contributed by atoms with Crippen LogP contribution in [-0.4, -0.2) is 16.6 Å². The minimum absolute atomic E-state index is 0. The second kappa shape index (κ2) is 13.3. The van der Waals surface area contributed by atoms with Crippen molar-refractivity contribution in [2.45, 2.75) is 57.3 Å². The van der Waals surface area contributed by atoms with Gasteiger partial charge in [0.2, 0.25) is 0 Å². The molecule has 3 heterocycles. The van der Waals surface area contributed by atoms with Crippen molar-refractivity contribution in [2.75, 3.05) is 16.8 Å². The van der Waals surface area contributed by atoms with Crippen LogP contribution in [0.3, 0.4) is 0 Å². The summed E-state index contributed by atoms with van der Waals surface area (Å²) >= 11 is 0. The van der Waals surface area contributed by atoms with Gasteiger partial charge in [-0.2, -0.15) is 12.7 Å². The van der Waals surface area contributed by atoms with Gasteiger partial charge >= 0.3 is 0 Å². The molecule has 0 amide bonds. The Bertz CT molecular complexity index is 2400. The van der Waals surface area contributed by atoms with E-state index in [1.807, 2.05) is 12.3 Å². The summed E-state index contributed by atoms with van der Waals surface area (Å²) in [5.41, 5.74) is 9.01. The Balaban J connectivity index is 0.00000387. The van der Waals surface area contributed by atoms with Gasteiger partial charge in [-0.05, 0) is 72.1 Å². The molecule has 6 heteroatoms. The first-order valence-electron chi connectivity index (χ1n) is 18.0. The Morgan fingerprint density at radius 3 is 2.25 bits per heavy atom. The van der Waals surface area contributed by atoms with Gasteiger partial charge in [0.05, 0.1) is 0 Å². The number of fused-ring (bicyclic) bond motifs is 4. The first-order chi connectivity index (χ1) is 24.8. The zero-order chi connectivity index (χ0) is 34.7. The molecule has 0 spiro atoms. The van der Waals surface area contributed by atoms with Gasteiger partial charge in [0, 0.05) is 61.1 Å². The van der Waals surface area contributed by atoms with Crippen LogP contribution in [-0.2, 0) is 31.9 Å². The number of nitrogens with zero attached hydrogens (tertiary/aromatic N) is 4. The van der Waals surface area contributed by atoms with Crippen molar-refractivity contribution in [3.05, 3.63) is 157 Å². The predicted molar refractivity (Wildman–Crippen MR) is 208 cm³/mol. The minimum Gasteiger partial charge on any atom is -0.509 e. The fraction of sp³-hybridized carbons (Fsp3) is 0.217. The third-order valence-electron chi connectivity index (χ3n) is 10.9. The Hall–Kier alpha value is -4.86. The topological polar surface area (TPSA) is 33.5 Å². The summed E-state index contributed by atoms with van der Waals surface area (Å²) in [6.07, 6.45) is 6.71. The molecular weight excluding hydrogens is 820 g/mol. The van der Waals surface area contributed by atoms with Gasteiger partial charge in [0.15, 0.2) is 0 Å². The first-order valence-corrected chi connectivity index (χ1v) is 18.0. The molecule has 1 saturated carbocycles. The van der Waals surface area contributed by atoms with Crippen molar-refractivity contribution in [3.8, 4) is 17.3 Å². The van der Waals surface area contributed by atoms with Crippen LogP contribution in [0.15, 0.2) is 121 Å². The summed E-state index contributed by atoms with van der Waals surface area (Å²) < 4.78 is 8.96. The van der Waals surface area contributed by atoms with Crippen LogP contribution in [0, 0.1) is 18.8 Å². The van der Waals surface area contributed by atoms with E-state index in [4.69, 9.17) is 9.72 Å². The molecule has 7 aromatic rings. The standard InChI is InChI=1S/C46H41N4O.Pt/c1-45(2,3)34-26-35(49-31-48(4)41-18-10-11-19-42(41)49)29-37(27-34)51-36-20-21-39-38-16-8-9-17-40(38)50(43(39)30-36)44-28-33(22-25-47-44)46(23-12-13-24-46)32-14-6-5-7-15-32;/h5-11,14-22,25-28,31H,12-13,23-24H2,1-4H3;/q-3;. The Morgan fingerprint density at radius 1 is 0.731 bits per heavy atom. The number of pyridine rings is 1. The van der Waals surface area contributed by atoms with Crippen LogP contribution in [0.4, 0.5) is 17.1 Å². The molecular formula is C46H41N4OPt-3. The van der Waals surface area contributed by atoms with Crippen molar-refractivity contribution in [2.24, 2.45) is 0 Å². The molecule has 52 heavy (non-hydrogen) atoms. The van der Waals surface area contributed by atoms with Crippen LogP contribution >= 0.6 is 0 Å². The van der Waals surface area contributed by atoms with Crippen molar-refractivity contribution in [1.82, 2.24) is 9.55 Å². The summed E-state index contributed by atoms with van der Waals surface area (Å²) in [4.78, 5) is 9.33. The normalized spacial score (nSPS) is 15.2. The van der Waals surface area contributed by atoms with E-state index in [1.165, 1.54) is 29.5 Å². The molecule has 1 aliphatic carbocycles. The number of para-hydroxylation sites is 3. The van der Waals surface area contributed by atoms with Gasteiger partial charge in [0.1, 0.15) is 5.82 Å². The second-order valence-corrected chi connectivity index (χ2v) is 15.1. The van der Waals surface area contributed by atoms with Gasteiger partial charge < -0.3 is 19.1 Å². The van der Waals surface area contributed by atoms with Crippen LogP contribution < -0.4 is 14.5 Å². The largest absolute Gasteiger partial charge is 0.509 e. The fourth-order valence-electron chi connectivity index (χ4n) is 8.21. The summed E-state index contributed by atoms with van der Waals surface area (Å²) in [7, 11) is 2.08. The molecule has 0 radical (unpaired) electrons. The zero-order valence-corrected chi connectivity index (χ0v) is 32.2. The van der Waals surface area contributed by atoms with E-state index < -0.39 is 0 Å². The molecule has 2 aromatic heterocycles. The van der Waals surface area contributed by atoms with Gasteiger partial charge in [0.25, 0.3) is 0 Å². The van der Waals surface area contributed by atoms with Crippen LogP contribution in [0.25, 0.3) is 27.6 Å². The van der Waals surface area contributed by atoms with Crippen LogP contribution in [0.5, 0.6) is 11.5 Å². The van der Waals surface area contributed by atoms with Gasteiger partial charge in [-0.25, -0.2) is 4.98 Å². The van der Waals surface area contributed by atoms with Gasteiger partial charge in [-0.3, -0.25) is 0 Å². The maximum Gasteiger partial charge on any atom is 0.135 e. The molecule has 264 valence electrons. The first kappa shape index (κ1) is 34.2. The number of hydrogen-bond acceptors (Lipinski definition) is 4. The molecule has 0 unspecified atom stereocenters. The van der Waals surface area contributed by atoms with E-state index in [1.54, 1.807) is 0 Å². The van der Waals surface area contributed by atoms with Gasteiger partial charge in [-0.1, -0.05) is 99.8 Å². The van der Waals surface area contributed by atoms with Crippen LogP contribution in [0.2, 0.25) is 0 Å². The van der Waals surface area contributed by atoms with E-state index in [-0.39, 0.29) is 31.9 Å². The van der Waals surface area contributed by atoms with Crippen LogP contribution in [0.1, 0.15) is 63.1 Å². The maximum absolute atomic E-state index is 6.70. The summed E-state index contributed by atoms with van der Waals surface area (Å²) in [6.45, 7) is 8.80. The zero-order valence-electron chi connectivity index (χ0n) is 30.0. The Morgan fingerprint density at radius 2 is 1.46 bits per heavy atom. The molecule has 1 aliphatic heterocycles.